The molecule has 1 aromatic rings. The van der Waals surface area contributed by atoms with Crippen LogP contribution in [0.3, 0.4) is 0 Å². The minimum atomic E-state index is -1.79. The molecule has 124 valence electrons. The van der Waals surface area contributed by atoms with Gasteiger partial charge in [0.15, 0.2) is 23.3 Å². The van der Waals surface area contributed by atoms with E-state index in [0.29, 0.717) is 31.7 Å². The first-order valence-corrected chi connectivity index (χ1v) is 8.06. The smallest absolute Gasteiger partial charge is 0.261 e. The van der Waals surface area contributed by atoms with Gasteiger partial charge in [-0.15, -0.1) is 0 Å². The number of hydrogen-bond acceptors (Lipinski definition) is 3. The molecule has 8 heteroatoms. The Morgan fingerprint density at radius 3 is 2.23 bits per heavy atom. The van der Waals surface area contributed by atoms with E-state index in [0.717, 1.165) is 0 Å². The molecular weight excluding hydrogens is 320 g/mol. The second-order valence-corrected chi connectivity index (χ2v) is 5.30. The molecule has 0 aliphatic rings. The molecule has 0 amide bonds. The van der Waals surface area contributed by atoms with E-state index in [2.05, 4.69) is 0 Å². The highest BCUT2D eigenvalue weighted by atomic mass is 28.2. The lowest BCUT2D eigenvalue weighted by atomic mass is 10.1. The quantitative estimate of drug-likeness (QED) is 0.163. The molecule has 0 aromatic heterocycles. The maximum atomic E-state index is 13.4. The summed E-state index contributed by atoms with van der Waals surface area (Å²) in [5.41, 5.74) is -0.188. The molecule has 0 heterocycles. The van der Waals surface area contributed by atoms with E-state index in [1.807, 2.05) is 0 Å². The fourth-order valence-electron chi connectivity index (χ4n) is 1.67. The van der Waals surface area contributed by atoms with E-state index in [1.54, 1.807) is 13.8 Å². The lowest BCUT2D eigenvalue weighted by Crippen LogP contribution is -2.23. The summed E-state index contributed by atoms with van der Waals surface area (Å²) in [6, 6.07) is 1.22. The molecule has 0 aliphatic carbocycles. The summed E-state index contributed by atoms with van der Waals surface area (Å²) in [6.45, 7) is 3.74. The molecule has 22 heavy (non-hydrogen) atoms. The van der Waals surface area contributed by atoms with Gasteiger partial charge < -0.3 is 13.9 Å². The zero-order chi connectivity index (χ0) is 16.5. The third-order valence-electron chi connectivity index (χ3n) is 2.69. The third kappa shape index (κ3) is 5.67. The first-order chi connectivity index (χ1) is 10.5. The molecule has 1 aromatic carbocycles. The monoisotopic (exact) mass is 338 g/mol. The van der Waals surface area contributed by atoms with E-state index < -0.39 is 29.7 Å². The minimum Gasteiger partial charge on any atom is -0.372 e. The van der Waals surface area contributed by atoms with Crippen LogP contribution < -0.4 is 0 Å². The van der Waals surface area contributed by atoms with E-state index in [-0.39, 0.29) is 21.7 Å². The summed E-state index contributed by atoms with van der Waals surface area (Å²) in [7, 11) is 0.0389. The number of ether oxygens (including phenoxy) is 2. The van der Waals surface area contributed by atoms with Crippen LogP contribution in [0.15, 0.2) is 6.07 Å². The highest BCUT2D eigenvalue weighted by Gasteiger charge is 2.18. The summed E-state index contributed by atoms with van der Waals surface area (Å²) in [4.78, 5) is 0. The standard InChI is InChI=1S/C14H18F4O3Si/c1-3-19-14(20-4-2)21-22-7-5-6-9-8-10(15)12(17)13(18)11(9)16/h8,14H,3-7H2,1-2H3. The van der Waals surface area contributed by atoms with Crippen LogP contribution in [0.5, 0.6) is 0 Å². The third-order valence-corrected chi connectivity index (χ3v) is 3.60. The van der Waals surface area contributed by atoms with E-state index in [1.165, 1.54) is 0 Å². The van der Waals surface area contributed by atoms with Crippen LogP contribution in [0.1, 0.15) is 25.8 Å². The number of rotatable bonds is 10. The second kappa shape index (κ2) is 9.93. The average molecular weight is 338 g/mol. The summed E-state index contributed by atoms with van der Waals surface area (Å²) in [6.07, 6.45) is 0.523. The summed E-state index contributed by atoms with van der Waals surface area (Å²) < 4.78 is 68.0. The fourth-order valence-corrected chi connectivity index (χ4v) is 2.38. The molecule has 0 fully saturated rings. The first-order valence-electron chi connectivity index (χ1n) is 6.94. The highest BCUT2D eigenvalue weighted by Crippen LogP contribution is 2.20. The SMILES string of the molecule is CCOC(OCC)O[Si]CCCc1cc(F)c(F)c(F)c1F. The van der Waals surface area contributed by atoms with Gasteiger partial charge >= 0.3 is 0 Å². The van der Waals surface area contributed by atoms with Gasteiger partial charge in [0.1, 0.15) is 0 Å². The van der Waals surface area contributed by atoms with Crippen LogP contribution in [0.25, 0.3) is 0 Å². The van der Waals surface area contributed by atoms with E-state index >= 15 is 0 Å². The number of halogens is 4. The van der Waals surface area contributed by atoms with Crippen molar-refractivity contribution in [2.75, 3.05) is 13.2 Å². The van der Waals surface area contributed by atoms with Gasteiger partial charge in [-0.25, -0.2) is 17.6 Å². The van der Waals surface area contributed by atoms with Crippen LogP contribution >= 0.6 is 0 Å². The minimum absolute atomic E-state index is 0.0389. The molecular formula is C14H18F4O3Si. The van der Waals surface area contributed by atoms with Crippen molar-refractivity contribution in [2.45, 2.75) is 39.2 Å². The topological polar surface area (TPSA) is 27.7 Å². The zero-order valence-electron chi connectivity index (χ0n) is 12.4. The molecule has 0 unspecified atom stereocenters. The Labute approximate surface area is 129 Å². The molecule has 0 atom stereocenters. The Morgan fingerprint density at radius 2 is 1.64 bits per heavy atom. The molecule has 0 aliphatic heterocycles. The number of benzene rings is 1. The van der Waals surface area contributed by atoms with Crippen LogP contribution in [-0.2, 0) is 20.3 Å². The van der Waals surface area contributed by atoms with Gasteiger partial charge in [0.05, 0.1) is 0 Å². The Balaban J connectivity index is 2.39. The Kier molecular flexibility index (Phi) is 8.62. The molecule has 0 N–H and O–H groups in total. The fraction of sp³-hybridized carbons (Fsp3) is 0.571. The molecule has 1 rings (SSSR count). The maximum absolute atomic E-state index is 13.4. The van der Waals surface area contributed by atoms with Crippen molar-refractivity contribution in [3.63, 3.8) is 0 Å². The molecule has 0 spiro atoms. The van der Waals surface area contributed by atoms with Gasteiger partial charge in [-0.1, -0.05) is 0 Å². The van der Waals surface area contributed by atoms with Crippen molar-refractivity contribution in [1.82, 2.24) is 0 Å². The molecule has 0 bridgehead atoms. The van der Waals surface area contributed by atoms with Gasteiger partial charge in [0.25, 0.3) is 6.48 Å². The van der Waals surface area contributed by atoms with Crippen molar-refractivity contribution in [1.29, 1.82) is 0 Å². The van der Waals surface area contributed by atoms with Gasteiger partial charge in [-0.3, -0.25) is 0 Å². The van der Waals surface area contributed by atoms with Crippen molar-refractivity contribution in [2.24, 2.45) is 0 Å². The molecule has 0 saturated heterocycles. The second-order valence-electron chi connectivity index (χ2n) is 4.27. The van der Waals surface area contributed by atoms with Crippen molar-refractivity contribution >= 4 is 9.76 Å². The van der Waals surface area contributed by atoms with Crippen LogP contribution in [0.4, 0.5) is 17.6 Å². The predicted octanol–water partition coefficient (Wildman–Crippen LogP) is 3.59. The lowest BCUT2D eigenvalue weighted by Gasteiger charge is -2.16. The maximum Gasteiger partial charge on any atom is 0.261 e. The van der Waals surface area contributed by atoms with E-state index in [4.69, 9.17) is 13.9 Å². The summed E-state index contributed by atoms with van der Waals surface area (Å²) >= 11 is 0. The van der Waals surface area contributed by atoms with Gasteiger partial charge in [0.2, 0.25) is 9.76 Å². The number of hydrogen-bond donors (Lipinski definition) is 0. The summed E-state index contributed by atoms with van der Waals surface area (Å²) in [5.74, 6) is -6.30. The molecule has 3 nitrogen and oxygen atoms in total. The molecule has 2 radical (unpaired) electrons. The van der Waals surface area contributed by atoms with Gasteiger partial charge in [-0.2, -0.15) is 0 Å². The Morgan fingerprint density at radius 1 is 1.00 bits per heavy atom. The van der Waals surface area contributed by atoms with Gasteiger partial charge in [0, 0.05) is 13.2 Å². The predicted molar refractivity (Wildman–Crippen MR) is 73.3 cm³/mol. The summed E-state index contributed by atoms with van der Waals surface area (Å²) in [5, 5.41) is 0. The average Bonchev–Trinajstić information content (AvgIpc) is 2.50. The van der Waals surface area contributed by atoms with Crippen molar-refractivity contribution < 1.29 is 31.5 Å². The first kappa shape index (κ1) is 19.1. The zero-order valence-corrected chi connectivity index (χ0v) is 13.4. The van der Waals surface area contributed by atoms with Crippen LogP contribution in [0.2, 0.25) is 6.04 Å². The normalized spacial score (nSPS) is 11.4. The van der Waals surface area contributed by atoms with Crippen LogP contribution in [0, 0.1) is 23.3 Å². The number of aryl methyl sites for hydroxylation is 1. The Bertz CT molecular complexity index is 468. The van der Waals surface area contributed by atoms with Crippen molar-refractivity contribution in [3.8, 4) is 0 Å². The van der Waals surface area contributed by atoms with Crippen molar-refractivity contribution in [3.05, 3.63) is 34.9 Å². The lowest BCUT2D eigenvalue weighted by molar-refractivity contribution is -0.243. The van der Waals surface area contributed by atoms with Gasteiger partial charge in [-0.05, 0) is 44.4 Å². The van der Waals surface area contributed by atoms with Crippen LogP contribution in [-0.4, -0.2) is 29.5 Å². The Hall–Kier alpha value is -0.963. The largest absolute Gasteiger partial charge is 0.372 e. The highest BCUT2D eigenvalue weighted by molar-refractivity contribution is 6.27. The molecule has 0 saturated carbocycles. The van der Waals surface area contributed by atoms with E-state index in [9.17, 15) is 17.6 Å².